The largest absolute Gasteiger partial charge is 0.171 e. The lowest BCUT2D eigenvalue weighted by Gasteiger charge is -2.33. The standard InChI is InChI=1S/C10H16BrClSi2/c1-13(2,14(3,4)12)10-7-5-9(11)6-8-10/h5-8H,1-4H3. The lowest BCUT2D eigenvalue weighted by Crippen LogP contribution is -2.59. The summed E-state index contributed by atoms with van der Waals surface area (Å²) in [6.07, 6.45) is 0. The molecule has 78 valence electrons. The molecule has 0 radical (unpaired) electrons. The molecule has 0 spiro atoms. The van der Waals surface area contributed by atoms with Gasteiger partial charge in [0.1, 0.15) is 6.90 Å². The van der Waals surface area contributed by atoms with Gasteiger partial charge in [-0.3, -0.25) is 0 Å². The fourth-order valence-electron chi connectivity index (χ4n) is 1.21. The van der Waals surface area contributed by atoms with E-state index in [0.29, 0.717) is 0 Å². The number of benzene rings is 1. The second-order valence-corrected chi connectivity index (χ2v) is 23.6. The Morgan fingerprint density at radius 2 is 1.43 bits per heavy atom. The van der Waals surface area contributed by atoms with Crippen LogP contribution in [0.1, 0.15) is 0 Å². The predicted octanol–water partition coefficient (Wildman–Crippen LogP) is 3.89. The zero-order chi connectivity index (χ0) is 11.0. The molecule has 0 aliphatic carbocycles. The molecule has 0 nitrogen and oxygen atoms in total. The summed E-state index contributed by atoms with van der Waals surface area (Å²) in [4.78, 5) is 0. The highest BCUT2D eigenvalue weighted by molar-refractivity contribution is 9.10. The van der Waals surface area contributed by atoms with Crippen molar-refractivity contribution < 1.29 is 0 Å². The fraction of sp³-hybridized carbons (Fsp3) is 0.400. The highest BCUT2D eigenvalue weighted by Crippen LogP contribution is 2.23. The molecule has 0 unspecified atom stereocenters. The first-order valence-electron chi connectivity index (χ1n) is 4.70. The quantitative estimate of drug-likeness (QED) is 0.574. The molecule has 0 aliphatic rings. The Hall–Kier alpha value is 0.424. The van der Waals surface area contributed by atoms with Crippen LogP contribution in [0.25, 0.3) is 0 Å². The SMILES string of the molecule is C[Si](C)(Cl)[Si](C)(C)c1ccc(Br)cc1. The van der Waals surface area contributed by atoms with E-state index >= 15 is 0 Å². The van der Waals surface area contributed by atoms with Crippen LogP contribution in [0.3, 0.4) is 0 Å². The van der Waals surface area contributed by atoms with Crippen molar-refractivity contribution in [2.24, 2.45) is 0 Å². The van der Waals surface area contributed by atoms with Gasteiger partial charge < -0.3 is 0 Å². The minimum atomic E-state index is -1.55. The van der Waals surface area contributed by atoms with Crippen molar-refractivity contribution in [2.45, 2.75) is 26.2 Å². The Labute approximate surface area is 101 Å². The van der Waals surface area contributed by atoms with Crippen LogP contribution >= 0.6 is 27.0 Å². The number of halogens is 2. The van der Waals surface area contributed by atoms with Crippen LogP contribution in [-0.2, 0) is 0 Å². The molecule has 1 rings (SSSR count). The van der Waals surface area contributed by atoms with Crippen LogP contribution in [0, 0.1) is 0 Å². The maximum Gasteiger partial charge on any atom is 0.146 e. The Morgan fingerprint density at radius 3 is 1.79 bits per heavy atom. The monoisotopic (exact) mass is 306 g/mol. The first kappa shape index (κ1) is 12.5. The molecular formula is C10H16BrClSi2. The van der Waals surface area contributed by atoms with Gasteiger partial charge in [0.15, 0.2) is 0 Å². The molecule has 0 fully saturated rings. The van der Waals surface area contributed by atoms with E-state index in [2.05, 4.69) is 66.4 Å². The van der Waals surface area contributed by atoms with Gasteiger partial charge in [0.2, 0.25) is 0 Å². The summed E-state index contributed by atoms with van der Waals surface area (Å²) in [6, 6.07) is 8.66. The third-order valence-electron chi connectivity index (χ3n) is 3.05. The van der Waals surface area contributed by atoms with Gasteiger partial charge >= 0.3 is 0 Å². The van der Waals surface area contributed by atoms with Crippen molar-refractivity contribution in [3.8, 4) is 0 Å². The Balaban J connectivity index is 3.10. The van der Waals surface area contributed by atoms with Gasteiger partial charge in [-0.15, -0.1) is 0 Å². The van der Waals surface area contributed by atoms with Gasteiger partial charge in [0.05, 0.1) is 7.59 Å². The van der Waals surface area contributed by atoms with Crippen molar-refractivity contribution in [2.75, 3.05) is 0 Å². The van der Waals surface area contributed by atoms with Crippen LogP contribution in [-0.4, -0.2) is 14.5 Å². The van der Waals surface area contributed by atoms with Crippen LogP contribution in [0.15, 0.2) is 28.7 Å². The van der Waals surface area contributed by atoms with Crippen LogP contribution in [0.2, 0.25) is 26.2 Å². The van der Waals surface area contributed by atoms with Gasteiger partial charge in [-0.1, -0.05) is 59.4 Å². The maximum atomic E-state index is 6.59. The van der Waals surface area contributed by atoms with E-state index in [4.69, 9.17) is 11.1 Å². The average Bonchev–Trinajstić information content (AvgIpc) is 2.03. The van der Waals surface area contributed by atoms with Crippen molar-refractivity contribution in [3.63, 3.8) is 0 Å². The van der Waals surface area contributed by atoms with E-state index in [0.717, 1.165) is 4.47 Å². The number of hydrogen-bond donors (Lipinski definition) is 0. The van der Waals surface area contributed by atoms with Crippen molar-refractivity contribution in [3.05, 3.63) is 28.7 Å². The van der Waals surface area contributed by atoms with Crippen molar-refractivity contribution >= 4 is 46.7 Å². The molecule has 1 aromatic rings. The zero-order valence-electron chi connectivity index (χ0n) is 9.07. The molecule has 0 bridgehead atoms. The van der Waals surface area contributed by atoms with E-state index < -0.39 is 14.5 Å². The van der Waals surface area contributed by atoms with Gasteiger partial charge in [-0.2, -0.15) is 11.1 Å². The minimum absolute atomic E-state index is 1.14. The molecule has 0 heterocycles. The van der Waals surface area contributed by atoms with E-state index in [-0.39, 0.29) is 0 Å². The molecule has 0 N–H and O–H groups in total. The fourth-order valence-corrected chi connectivity index (χ4v) is 6.70. The van der Waals surface area contributed by atoms with Gasteiger partial charge in [0, 0.05) is 4.47 Å². The lowest BCUT2D eigenvalue weighted by molar-refractivity contribution is 1.67. The van der Waals surface area contributed by atoms with Gasteiger partial charge in [0.25, 0.3) is 0 Å². The summed E-state index contributed by atoms with van der Waals surface area (Å²) < 4.78 is 1.14. The van der Waals surface area contributed by atoms with E-state index in [9.17, 15) is 0 Å². The third-order valence-corrected chi connectivity index (χ3v) is 22.4. The van der Waals surface area contributed by atoms with Crippen LogP contribution < -0.4 is 5.19 Å². The summed E-state index contributed by atoms with van der Waals surface area (Å²) >= 11 is 10.0. The summed E-state index contributed by atoms with van der Waals surface area (Å²) in [7, 11) is -1.42. The molecule has 0 saturated carbocycles. The van der Waals surface area contributed by atoms with Gasteiger partial charge in [-0.05, 0) is 12.1 Å². The van der Waals surface area contributed by atoms with Gasteiger partial charge in [-0.25, -0.2) is 0 Å². The number of hydrogen-bond acceptors (Lipinski definition) is 0. The minimum Gasteiger partial charge on any atom is -0.171 e. The molecule has 0 aliphatic heterocycles. The van der Waals surface area contributed by atoms with E-state index in [1.807, 2.05) is 0 Å². The highest BCUT2D eigenvalue weighted by Gasteiger charge is 2.41. The highest BCUT2D eigenvalue weighted by atomic mass is 79.9. The first-order valence-corrected chi connectivity index (χ1v) is 13.5. The summed E-state index contributed by atoms with van der Waals surface area (Å²) in [5, 5.41) is 1.47. The predicted molar refractivity (Wildman–Crippen MR) is 74.6 cm³/mol. The van der Waals surface area contributed by atoms with E-state index in [1.54, 1.807) is 0 Å². The van der Waals surface area contributed by atoms with Crippen LogP contribution in [0.5, 0.6) is 0 Å². The summed E-state index contributed by atoms with van der Waals surface area (Å²) in [6.45, 7) is 7.70. The molecule has 0 amide bonds. The summed E-state index contributed by atoms with van der Waals surface area (Å²) in [5.41, 5.74) is 0. The molecule has 0 saturated heterocycles. The van der Waals surface area contributed by atoms with Crippen LogP contribution in [0.4, 0.5) is 0 Å². The second-order valence-electron chi connectivity index (χ2n) is 4.60. The molecule has 4 heteroatoms. The Morgan fingerprint density at radius 1 is 1.00 bits per heavy atom. The molecule has 1 aromatic carbocycles. The molecular weight excluding hydrogens is 292 g/mol. The van der Waals surface area contributed by atoms with E-state index in [1.165, 1.54) is 5.19 Å². The summed E-state index contributed by atoms with van der Waals surface area (Å²) in [5.74, 6) is 0. The smallest absolute Gasteiger partial charge is 0.146 e. The molecule has 14 heavy (non-hydrogen) atoms. The van der Waals surface area contributed by atoms with Crippen molar-refractivity contribution in [1.29, 1.82) is 0 Å². The Bertz CT molecular complexity index is 314. The number of rotatable bonds is 2. The normalized spacial score (nSPS) is 13.0. The molecule has 0 aromatic heterocycles. The average molecular weight is 308 g/mol. The maximum absolute atomic E-state index is 6.59. The Kier molecular flexibility index (Phi) is 3.68. The zero-order valence-corrected chi connectivity index (χ0v) is 13.4. The first-order chi connectivity index (χ1) is 6.25. The lowest BCUT2D eigenvalue weighted by atomic mass is 10.4. The third kappa shape index (κ3) is 2.51. The second kappa shape index (κ2) is 4.12. The molecule has 0 atom stereocenters. The topological polar surface area (TPSA) is 0 Å². The van der Waals surface area contributed by atoms with Crippen molar-refractivity contribution in [1.82, 2.24) is 0 Å².